The number of rotatable bonds is 4. The monoisotopic (exact) mass is 371 g/mol. The van der Waals surface area contributed by atoms with Crippen molar-refractivity contribution in [1.29, 1.82) is 0 Å². The Hall–Kier alpha value is -2.60. The number of benzene rings is 2. The molecular weight excluding hydrogens is 358 g/mol. The molecule has 0 spiro atoms. The average molecular weight is 372 g/mol. The van der Waals surface area contributed by atoms with E-state index in [9.17, 15) is 4.79 Å². The summed E-state index contributed by atoms with van der Waals surface area (Å²) < 4.78 is 6.53. The number of amides is 2. The normalized spacial score (nSPS) is 10.3. The summed E-state index contributed by atoms with van der Waals surface area (Å²) in [4.78, 5) is 16.0. The van der Waals surface area contributed by atoms with Crippen molar-refractivity contribution in [2.24, 2.45) is 0 Å². The van der Waals surface area contributed by atoms with Crippen LogP contribution in [0.5, 0.6) is 0 Å². The van der Waals surface area contributed by atoms with E-state index in [-0.39, 0.29) is 12.6 Å². The zero-order valence-electron chi connectivity index (χ0n) is 12.1. The molecule has 0 aliphatic rings. The van der Waals surface area contributed by atoms with Crippen molar-refractivity contribution >= 4 is 27.6 Å². The van der Waals surface area contributed by atoms with Crippen molar-refractivity contribution in [2.75, 3.05) is 5.32 Å². The molecule has 0 fully saturated rings. The van der Waals surface area contributed by atoms with Crippen LogP contribution in [-0.2, 0) is 6.54 Å². The van der Waals surface area contributed by atoms with Gasteiger partial charge in [0, 0.05) is 15.7 Å². The summed E-state index contributed by atoms with van der Waals surface area (Å²) in [7, 11) is 0. The van der Waals surface area contributed by atoms with E-state index in [4.69, 9.17) is 4.42 Å². The van der Waals surface area contributed by atoms with Gasteiger partial charge < -0.3 is 15.1 Å². The van der Waals surface area contributed by atoms with E-state index >= 15 is 0 Å². The molecule has 1 heterocycles. The molecule has 0 unspecified atom stereocenters. The molecule has 0 radical (unpaired) electrons. The molecule has 3 aromatic rings. The van der Waals surface area contributed by atoms with E-state index in [1.165, 1.54) is 0 Å². The Morgan fingerprint density at radius 2 is 1.96 bits per heavy atom. The number of urea groups is 1. The van der Waals surface area contributed by atoms with Gasteiger partial charge in [0.05, 0.1) is 12.7 Å². The van der Waals surface area contributed by atoms with Gasteiger partial charge in [-0.25, -0.2) is 9.78 Å². The number of anilines is 1. The molecule has 3 rings (SSSR count). The third-order valence-electron chi connectivity index (χ3n) is 3.09. The molecule has 1 aromatic heterocycles. The summed E-state index contributed by atoms with van der Waals surface area (Å²) in [6, 6.07) is 16.7. The van der Waals surface area contributed by atoms with E-state index < -0.39 is 0 Å². The lowest BCUT2D eigenvalue weighted by Crippen LogP contribution is -2.28. The van der Waals surface area contributed by atoms with Crippen LogP contribution in [0.1, 0.15) is 5.89 Å². The minimum absolute atomic E-state index is 0.215. The van der Waals surface area contributed by atoms with Gasteiger partial charge in [-0.1, -0.05) is 52.3 Å². The van der Waals surface area contributed by atoms with Gasteiger partial charge in [-0.3, -0.25) is 0 Å². The molecule has 23 heavy (non-hydrogen) atoms. The lowest BCUT2D eigenvalue weighted by atomic mass is 10.2. The van der Waals surface area contributed by atoms with Gasteiger partial charge >= 0.3 is 6.03 Å². The predicted molar refractivity (Wildman–Crippen MR) is 91.9 cm³/mol. The second kappa shape index (κ2) is 7.11. The zero-order valence-corrected chi connectivity index (χ0v) is 13.7. The highest BCUT2D eigenvalue weighted by atomic mass is 79.9. The van der Waals surface area contributed by atoms with Crippen molar-refractivity contribution in [3.63, 3.8) is 0 Å². The number of nitrogens with one attached hydrogen (secondary N) is 2. The van der Waals surface area contributed by atoms with Crippen LogP contribution in [0.15, 0.2) is 69.7 Å². The minimum Gasteiger partial charge on any atom is -0.439 e. The van der Waals surface area contributed by atoms with E-state index in [1.807, 2.05) is 54.6 Å². The molecule has 0 aliphatic carbocycles. The lowest BCUT2D eigenvalue weighted by Gasteiger charge is -2.06. The third kappa shape index (κ3) is 4.20. The number of carbonyl (C=O) groups is 1. The number of hydrogen-bond acceptors (Lipinski definition) is 3. The number of nitrogens with zero attached hydrogens (tertiary/aromatic N) is 1. The van der Waals surface area contributed by atoms with Gasteiger partial charge in [0.15, 0.2) is 5.76 Å². The smallest absolute Gasteiger partial charge is 0.319 e. The standard InChI is InChI=1S/C17H14BrN3O2/c18-13-7-4-8-14(9-13)21-17(22)20-11-16-19-10-15(23-16)12-5-2-1-3-6-12/h1-10H,11H2,(H2,20,21,22). The van der Waals surface area contributed by atoms with Crippen LogP contribution in [-0.4, -0.2) is 11.0 Å². The van der Waals surface area contributed by atoms with Crippen LogP contribution >= 0.6 is 15.9 Å². The first-order valence-corrected chi connectivity index (χ1v) is 7.80. The van der Waals surface area contributed by atoms with Crippen LogP contribution in [0.25, 0.3) is 11.3 Å². The fourth-order valence-electron chi connectivity index (χ4n) is 2.03. The van der Waals surface area contributed by atoms with Crippen molar-refractivity contribution in [3.8, 4) is 11.3 Å². The number of halogens is 1. The third-order valence-corrected chi connectivity index (χ3v) is 3.59. The maximum Gasteiger partial charge on any atom is 0.319 e. The molecular formula is C17H14BrN3O2. The minimum atomic E-state index is -0.317. The molecule has 116 valence electrons. The quantitative estimate of drug-likeness (QED) is 0.712. The first-order valence-electron chi connectivity index (χ1n) is 7.01. The number of aromatic nitrogens is 1. The molecule has 6 heteroatoms. The van der Waals surface area contributed by atoms with Crippen molar-refractivity contribution in [1.82, 2.24) is 10.3 Å². The Bertz CT molecular complexity index is 802. The van der Waals surface area contributed by atoms with E-state index in [2.05, 4.69) is 31.5 Å². The van der Waals surface area contributed by atoms with Crippen LogP contribution in [0.3, 0.4) is 0 Å². The van der Waals surface area contributed by atoms with Gasteiger partial charge in [0.25, 0.3) is 0 Å². The maximum absolute atomic E-state index is 11.9. The molecule has 0 saturated heterocycles. The Morgan fingerprint density at radius 3 is 2.74 bits per heavy atom. The summed E-state index contributed by atoms with van der Waals surface area (Å²) >= 11 is 3.36. The average Bonchev–Trinajstić information content (AvgIpc) is 3.03. The molecule has 5 nitrogen and oxygen atoms in total. The summed E-state index contributed by atoms with van der Waals surface area (Å²) in [6.07, 6.45) is 1.65. The molecule has 2 aromatic carbocycles. The SMILES string of the molecule is O=C(NCc1ncc(-c2ccccc2)o1)Nc1cccc(Br)c1. The molecule has 0 saturated carbocycles. The van der Waals surface area contributed by atoms with Gasteiger partial charge in [0.2, 0.25) is 5.89 Å². The molecule has 0 bridgehead atoms. The summed E-state index contributed by atoms with van der Waals surface area (Å²) in [5.74, 6) is 1.13. The Labute approximate surface area is 141 Å². The number of hydrogen-bond donors (Lipinski definition) is 2. The predicted octanol–water partition coefficient (Wildman–Crippen LogP) is 4.43. The summed E-state index contributed by atoms with van der Waals surface area (Å²) in [5, 5.41) is 5.45. The molecule has 2 amide bonds. The topological polar surface area (TPSA) is 67.2 Å². The number of carbonyl (C=O) groups excluding carboxylic acids is 1. The van der Waals surface area contributed by atoms with Gasteiger partial charge in [-0.05, 0) is 18.2 Å². The van der Waals surface area contributed by atoms with Crippen LogP contribution < -0.4 is 10.6 Å². The van der Waals surface area contributed by atoms with E-state index in [0.717, 1.165) is 10.0 Å². The van der Waals surface area contributed by atoms with Crippen LogP contribution in [0, 0.1) is 0 Å². The lowest BCUT2D eigenvalue weighted by molar-refractivity contribution is 0.250. The zero-order chi connectivity index (χ0) is 16.1. The summed E-state index contributed by atoms with van der Waals surface area (Å²) in [5.41, 5.74) is 1.65. The Kier molecular flexibility index (Phi) is 4.73. The first-order chi connectivity index (χ1) is 11.2. The highest BCUT2D eigenvalue weighted by Gasteiger charge is 2.08. The first kappa shape index (κ1) is 15.3. The maximum atomic E-state index is 11.9. The molecule has 0 aliphatic heterocycles. The van der Waals surface area contributed by atoms with Crippen molar-refractivity contribution in [3.05, 3.63) is 71.2 Å². The van der Waals surface area contributed by atoms with E-state index in [0.29, 0.717) is 17.3 Å². The summed E-state index contributed by atoms with van der Waals surface area (Å²) in [6.45, 7) is 0.215. The largest absolute Gasteiger partial charge is 0.439 e. The fourth-order valence-corrected chi connectivity index (χ4v) is 2.42. The van der Waals surface area contributed by atoms with Crippen molar-refractivity contribution < 1.29 is 9.21 Å². The van der Waals surface area contributed by atoms with Gasteiger partial charge in [-0.15, -0.1) is 0 Å². The molecule has 0 atom stereocenters. The Balaban J connectivity index is 1.56. The van der Waals surface area contributed by atoms with Crippen molar-refractivity contribution in [2.45, 2.75) is 6.54 Å². The van der Waals surface area contributed by atoms with Crippen LogP contribution in [0.2, 0.25) is 0 Å². The van der Waals surface area contributed by atoms with E-state index in [1.54, 1.807) is 6.20 Å². The Morgan fingerprint density at radius 1 is 1.13 bits per heavy atom. The highest BCUT2D eigenvalue weighted by molar-refractivity contribution is 9.10. The highest BCUT2D eigenvalue weighted by Crippen LogP contribution is 2.19. The second-order valence-electron chi connectivity index (χ2n) is 4.80. The second-order valence-corrected chi connectivity index (χ2v) is 5.72. The molecule has 2 N–H and O–H groups in total. The van der Waals surface area contributed by atoms with Gasteiger partial charge in [-0.2, -0.15) is 0 Å². The van der Waals surface area contributed by atoms with Gasteiger partial charge in [0.1, 0.15) is 0 Å². The van der Waals surface area contributed by atoms with Crippen LogP contribution in [0.4, 0.5) is 10.5 Å². The fraction of sp³-hybridized carbons (Fsp3) is 0.0588. The number of oxazole rings is 1.